The van der Waals surface area contributed by atoms with E-state index >= 15 is 0 Å². The molecule has 0 aliphatic carbocycles. The molecular weight excluding hydrogens is 420 g/mol. The summed E-state index contributed by atoms with van der Waals surface area (Å²) in [5.41, 5.74) is 0. The number of halogens is 2. The fourth-order valence-electron chi connectivity index (χ4n) is 2.35. The van der Waals surface area contributed by atoms with Crippen molar-refractivity contribution >= 4 is 37.8 Å². The first kappa shape index (κ1) is 23.2. The van der Waals surface area contributed by atoms with Crippen LogP contribution >= 0.6 is 31.9 Å². The third kappa shape index (κ3) is 20.1. The molecule has 0 amide bonds. The number of unbranched alkanes of at least 4 members (excludes halogenated alkanes) is 10. The number of hydrogen-bond acceptors (Lipinski definition) is 2. The van der Waals surface area contributed by atoms with Gasteiger partial charge in [0.15, 0.2) is 0 Å². The van der Waals surface area contributed by atoms with Crippen LogP contribution in [0.25, 0.3) is 0 Å². The summed E-state index contributed by atoms with van der Waals surface area (Å²) in [7, 11) is 0. The lowest BCUT2D eigenvalue weighted by Crippen LogP contribution is -2.08. The van der Waals surface area contributed by atoms with Crippen LogP contribution in [-0.2, 0) is 9.53 Å². The van der Waals surface area contributed by atoms with Crippen LogP contribution in [0.3, 0.4) is 0 Å². The van der Waals surface area contributed by atoms with Gasteiger partial charge in [-0.2, -0.15) is 0 Å². The van der Waals surface area contributed by atoms with E-state index in [2.05, 4.69) is 50.9 Å². The van der Waals surface area contributed by atoms with Crippen molar-refractivity contribution in [1.82, 2.24) is 0 Å². The molecular formula is C19H34Br2O2. The lowest BCUT2D eigenvalue weighted by Gasteiger charge is -2.05. The van der Waals surface area contributed by atoms with Crippen molar-refractivity contribution in [3.05, 3.63) is 12.2 Å². The van der Waals surface area contributed by atoms with Gasteiger partial charge in [-0.3, -0.25) is 4.79 Å². The van der Waals surface area contributed by atoms with Crippen LogP contribution in [0.15, 0.2) is 12.2 Å². The molecule has 0 radical (unpaired) electrons. The molecule has 4 heteroatoms. The lowest BCUT2D eigenvalue weighted by atomic mass is 10.1. The molecule has 0 saturated heterocycles. The van der Waals surface area contributed by atoms with Crippen LogP contribution in [0, 0.1) is 0 Å². The molecule has 0 aromatic rings. The molecule has 0 unspecified atom stereocenters. The molecule has 23 heavy (non-hydrogen) atoms. The van der Waals surface area contributed by atoms with Gasteiger partial charge in [0.25, 0.3) is 0 Å². The Morgan fingerprint density at radius 1 is 0.870 bits per heavy atom. The average molecular weight is 454 g/mol. The molecule has 2 nitrogen and oxygen atoms in total. The van der Waals surface area contributed by atoms with Gasteiger partial charge in [0, 0.05) is 0 Å². The summed E-state index contributed by atoms with van der Waals surface area (Å²) in [6.45, 7) is 2.81. The average Bonchev–Trinajstić information content (AvgIpc) is 2.50. The van der Waals surface area contributed by atoms with Crippen molar-refractivity contribution in [3.63, 3.8) is 0 Å². The summed E-state index contributed by atoms with van der Waals surface area (Å²) in [4.78, 5) is 11.3. The molecule has 0 N–H and O–H groups in total. The highest BCUT2D eigenvalue weighted by molar-refractivity contribution is 9.24. The monoisotopic (exact) mass is 452 g/mol. The van der Waals surface area contributed by atoms with Gasteiger partial charge in [-0.05, 0) is 25.7 Å². The largest absolute Gasteiger partial charge is 0.466 e. The number of allylic oxidation sites excluding steroid dienone is 2. The summed E-state index contributed by atoms with van der Waals surface area (Å²) >= 11 is 6.55. The Morgan fingerprint density at radius 2 is 1.39 bits per heavy atom. The molecule has 0 atom stereocenters. The fourth-order valence-corrected chi connectivity index (χ4v) is 2.88. The number of alkyl halides is 2. The standard InChI is InChI=1S/C19H34Br2O2/c1-2-3-4-5-6-7-8-9-10-11-12-13-14-15-16-23-19(22)17-18(20)21/h5-6,18H,2-4,7-17H2,1H3/b6-5-. The first-order valence-corrected chi connectivity index (χ1v) is 11.1. The highest BCUT2D eigenvalue weighted by atomic mass is 79.9. The quantitative estimate of drug-likeness (QED) is 0.106. The second-order valence-electron chi connectivity index (χ2n) is 6.05. The molecule has 0 aliphatic heterocycles. The smallest absolute Gasteiger partial charge is 0.307 e. The number of ether oxygens (including phenoxy) is 1. The van der Waals surface area contributed by atoms with Crippen molar-refractivity contribution in [2.75, 3.05) is 6.61 Å². The van der Waals surface area contributed by atoms with E-state index in [0.29, 0.717) is 13.0 Å². The van der Waals surface area contributed by atoms with Gasteiger partial charge in [-0.1, -0.05) is 102 Å². The van der Waals surface area contributed by atoms with E-state index in [1.54, 1.807) is 0 Å². The van der Waals surface area contributed by atoms with E-state index in [1.165, 1.54) is 70.6 Å². The fraction of sp³-hybridized carbons (Fsp3) is 0.842. The van der Waals surface area contributed by atoms with Gasteiger partial charge >= 0.3 is 5.97 Å². The number of rotatable bonds is 16. The second-order valence-corrected chi connectivity index (χ2v) is 9.49. The Morgan fingerprint density at radius 3 is 1.96 bits per heavy atom. The molecule has 0 saturated carbocycles. The minimum atomic E-state index is -0.132. The van der Waals surface area contributed by atoms with Gasteiger partial charge in [-0.25, -0.2) is 0 Å². The third-order valence-corrected chi connectivity index (χ3v) is 4.39. The minimum absolute atomic E-state index is 0.0225. The summed E-state index contributed by atoms with van der Waals surface area (Å²) in [5, 5.41) is 0. The maximum Gasteiger partial charge on any atom is 0.307 e. The van der Waals surface area contributed by atoms with E-state index in [0.717, 1.165) is 6.42 Å². The summed E-state index contributed by atoms with van der Waals surface area (Å²) in [6, 6.07) is 0. The Hall–Kier alpha value is 0.170. The molecule has 136 valence electrons. The molecule has 0 aromatic carbocycles. The minimum Gasteiger partial charge on any atom is -0.466 e. The molecule has 0 aliphatic rings. The third-order valence-electron chi connectivity index (χ3n) is 3.74. The van der Waals surface area contributed by atoms with E-state index in [9.17, 15) is 4.79 Å². The van der Waals surface area contributed by atoms with Crippen molar-refractivity contribution in [1.29, 1.82) is 0 Å². The number of hydrogen-bond donors (Lipinski definition) is 0. The van der Waals surface area contributed by atoms with E-state index in [4.69, 9.17) is 4.74 Å². The van der Waals surface area contributed by atoms with Crippen LogP contribution in [0.5, 0.6) is 0 Å². The van der Waals surface area contributed by atoms with Gasteiger partial charge < -0.3 is 4.74 Å². The van der Waals surface area contributed by atoms with Crippen molar-refractivity contribution < 1.29 is 9.53 Å². The van der Waals surface area contributed by atoms with E-state index in [-0.39, 0.29) is 9.71 Å². The molecule has 0 fully saturated rings. The van der Waals surface area contributed by atoms with Crippen molar-refractivity contribution in [2.45, 2.75) is 94.1 Å². The summed E-state index contributed by atoms with van der Waals surface area (Å²) in [5.74, 6) is -0.132. The Kier molecular flexibility index (Phi) is 18.6. The predicted molar refractivity (Wildman–Crippen MR) is 107 cm³/mol. The van der Waals surface area contributed by atoms with Crippen LogP contribution in [0.1, 0.15) is 90.4 Å². The van der Waals surface area contributed by atoms with E-state index < -0.39 is 0 Å². The first-order chi connectivity index (χ1) is 11.2. The zero-order chi connectivity index (χ0) is 17.2. The van der Waals surface area contributed by atoms with Crippen LogP contribution in [0.4, 0.5) is 0 Å². The predicted octanol–water partition coefficient (Wildman–Crippen LogP) is 7.29. The zero-order valence-corrected chi connectivity index (χ0v) is 17.9. The number of carbonyl (C=O) groups is 1. The topological polar surface area (TPSA) is 26.3 Å². The van der Waals surface area contributed by atoms with Gasteiger partial charge in [0.1, 0.15) is 0 Å². The zero-order valence-electron chi connectivity index (χ0n) is 14.7. The lowest BCUT2D eigenvalue weighted by molar-refractivity contribution is -0.143. The Balaban J connectivity index is 3.13. The van der Waals surface area contributed by atoms with Crippen molar-refractivity contribution in [3.8, 4) is 0 Å². The van der Waals surface area contributed by atoms with Gasteiger partial charge in [0.05, 0.1) is 16.8 Å². The molecule has 0 heterocycles. The van der Waals surface area contributed by atoms with E-state index in [1.807, 2.05) is 0 Å². The summed E-state index contributed by atoms with van der Waals surface area (Å²) in [6.07, 6.45) is 20.3. The Bertz CT molecular complexity index is 291. The summed E-state index contributed by atoms with van der Waals surface area (Å²) < 4.78 is 5.18. The first-order valence-electron chi connectivity index (χ1n) is 9.25. The second kappa shape index (κ2) is 18.5. The van der Waals surface area contributed by atoms with Crippen LogP contribution < -0.4 is 0 Å². The maximum atomic E-state index is 11.3. The van der Waals surface area contributed by atoms with Crippen LogP contribution in [0.2, 0.25) is 0 Å². The maximum absolute atomic E-state index is 11.3. The normalized spacial score (nSPS) is 11.5. The number of esters is 1. The van der Waals surface area contributed by atoms with Gasteiger partial charge in [0.2, 0.25) is 0 Å². The Labute approximate surface area is 160 Å². The SMILES string of the molecule is CCCC/C=C\CCCCCCCCCCOC(=O)CC(Br)Br. The molecule has 0 bridgehead atoms. The van der Waals surface area contributed by atoms with Crippen LogP contribution in [-0.4, -0.2) is 16.3 Å². The molecule has 0 rings (SSSR count). The highest BCUT2D eigenvalue weighted by Gasteiger charge is 2.07. The number of carbonyl (C=O) groups excluding carboxylic acids is 1. The molecule has 0 aromatic heterocycles. The van der Waals surface area contributed by atoms with Gasteiger partial charge in [-0.15, -0.1) is 0 Å². The highest BCUT2D eigenvalue weighted by Crippen LogP contribution is 2.14. The molecule has 0 spiro atoms. The van der Waals surface area contributed by atoms with Crippen molar-refractivity contribution in [2.24, 2.45) is 0 Å².